The maximum Gasteiger partial charge on any atom is 0.277 e. The molecule has 5 nitrogen and oxygen atoms in total. The van der Waals surface area contributed by atoms with Gasteiger partial charge in [-0.2, -0.15) is 5.10 Å². The first kappa shape index (κ1) is 19.5. The van der Waals surface area contributed by atoms with Gasteiger partial charge in [0.2, 0.25) is 0 Å². The predicted octanol–water partition coefficient (Wildman–Crippen LogP) is 4.05. The third-order valence-electron chi connectivity index (χ3n) is 4.01. The summed E-state index contributed by atoms with van der Waals surface area (Å²) < 4.78 is 10.8. The highest BCUT2D eigenvalue weighted by atomic mass is 16.5. The fourth-order valence-corrected chi connectivity index (χ4v) is 2.46. The number of hydrogen-bond acceptors (Lipinski definition) is 4. The Balaban J connectivity index is 1.95. The summed E-state index contributed by atoms with van der Waals surface area (Å²) in [6.45, 7) is 7.95. The highest BCUT2D eigenvalue weighted by Crippen LogP contribution is 2.27. The van der Waals surface area contributed by atoms with E-state index in [4.69, 9.17) is 9.47 Å². The molecule has 0 atom stereocenters. The number of benzene rings is 2. The van der Waals surface area contributed by atoms with Crippen LogP contribution in [-0.2, 0) is 4.79 Å². The van der Waals surface area contributed by atoms with Gasteiger partial charge in [0.05, 0.1) is 12.8 Å². The topological polar surface area (TPSA) is 59.9 Å². The normalized spacial score (nSPS) is 11.4. The number of hydrazone groups is 1. The van der Waals surface area contributed by atoms with Gasteiger partial charge in [0, 0.05) is 0 Å². The number of nitrogens with one attached hydrogen (secondary N) is 1. The predicted molar refractivity (Wildman–Crippen MR) is 104 cm³/mol. The Bertz CT molecular complexity index is 780. The molecule has 0 saturated carbocycles. The van der Waals surface area contributed by atoms with Crippen LogP contribution in [0.25, 0.3) is 0 Å². The zero-order valence-corrected chi connectivity index (χ0v) is 16.0. The van der Waals surface area contributed by atoms with Gasteiger partial charge < -0.3 is 9.47 Å². The molecule has 0 aliphatic heterocycles. The van der Waals surface area contributed by atoms with Crippen LogP contribution in [-0.4, -0.2) is 25.3 Å². The standard InChI is InChI=1S/C21H26N2O3/c1-14(2)19-11-6-15(3)12-20(19)26-13-21(24)23-22-16(4)17-7-9-18(25-5)10-8-17/h6-12,14H,13H2,1-5H3,(H,23,24)/b22-16-. The van der Waals surface area contributed by atoms with E-state index in [0.29, 0.717) is 11.6 Å². The third kappa shape index (κ3) is 5.34. The number of carbonyl (C=O) groups is 1. The lowest BCUT2D eigenvalue weighted by atomic mass is 10.0. The van der Waals surface area contributed by atoms with Crippen LogP contribution >= 0.6 is 0 Å². The fourth-order valence-electron chi connectivity index (χ4n) is 2.46. The molecule has 0 fully saturated rings. The van der Waals surface area contributed by atoms with Crippen LogP contribution in [0.2, 0.25) is 0 Å². The lowest BCUT2D eigenvalue weighted by Crippen LogP contribution is -2.26. The Morgan fingerprint density at radius 1 is 1.15 bits per heavy atom. The van der Waals surface area contributed by atoms with Gasteiger partial charge in [-0.05, 0) is 66.8 Å². The van der Waals surface area contributed by atoms with Gasteiger partial charge in [-0.1, -0.05) is 26.0 Å². The number of amides is 1. The molecule has 2 rings (SSSR count). The van der Waals surface area contributed by atoms with Crippen LogP contribution in [0.4, 0.5) is 0 Å². The van der Waals surface area contributed by atoms with E-state index in [9.17, 15) is 4.79 Å². The second-order valence-corrected chi connectivity index (χ2v) is 6.45. The second kappa shape index (κ2) is 9.04. The SMILES string of the molecule is COc1ccc(/C(C)=N\NC(=O)COc2cc(C)ccc2C(C)C)cc1. The first-order chi connectivity index (χ1) is 12.4. The number of methoxy groups -OCH3 is 1. The average molecular weight is 354 g/mol. The van der Waals surface area contributed by atoms with Crippen molar-refractivity contribution in [1.29, 1.82) is 0 Å². The minimum Gasteiger partial charge on any atom is -0.497 e. The number of aryl methyl sites for hydroxylation is 1. The molecule has 0 aliphatic carbocycles. The molecular formula is C21H26N2O3. The van der Waals surface area contributed by atoms with Gasteiger partial charge in [0.15, 0.2) is 6.61 Å². The van der Waals surface area contributed by atoms with Crippen molar-refractivity contribution >= 4 is 11.6 Å². The van der Waals surface area contributed by atoms with Gasteiger partial charge in [-0.15, -0.1) is 0 Å². The summed E-state index contributed by atoms with van der Waals surface area (Å²) in [6, 6.07) is 13.5. The smallest absolute Gasteiger partial charge is 0.277 e. The molecule has 138 valence electrons. The summed E-state index contributed by atoms with van der Waals surface area (Å²) in [7, 11) is 1.62. The van der Waals surface area contributed by atoms with Gasteiger partial charge in [0.1, 0.15) is 11.5 Å². The second-order valence-electron chi connectivity index (χ2n) is 6.45. The van der Waals surface area contributed by atoms with Crippen LogP contribution in [0.1, 0.15) is 43.4 Å². The number of carbonyl (C=O) groups excluding carboxylic acids is 1. The van der Waals surface area contributed by atoms with Crippen molar-refractivity contribution in [2.75, 3.05) is 13.7 Å². The molecule has 0 aromatic heterocycles. The third-order valence-corrected chi connectivity index (χ3v) is 4.01. The minimum absolute atomic E-state index is 0.0808. The van der Waals surface area contributed by atoms with Gasteiger partial charge in [0.25, 0.3) is 5.91 Å². The number of ether oxygens (including phenoxy) is 2. The molecule has 0 bridgehead atoms. The number of rotatable bonds is 7. The van der Waals surface area contributed by atoms with E-state index >= 15 is 0 Å². The first-order valence-corrected chi connectivity index (χ1v) is 8.61. The molecule has 26 heavy (non-hydrogen) atoms. The zero-order chi connectivity index (χ0) is 19.1. The van der Waals surface area contributed by atoms with Crippen molar-refractivity contribution in [2.45, 2.75) is 33.6 Å². The quantitative estimate of drug-likeness (QED) is 0.603. The van der Waals surface area contributed by atoms with Crippen LogP contribution in [0.3, 0.4) is 0 Å². The zero-order valence-electron chi connectivity index (χ0n) is 16.0. The van der Waals surface area contributed by atoms with Crippen molar-refractivity contribution < 1.29 is 14.3 Å². The number of nitrogens with zero attached hydrogens (tertiary/aromatic N) is 1. The van der Waals surface area contributed by atoms with E-state index in [0.717, 1.165) is 28.2 Å². The van der Waals surface area contributed by atoms with Crippen molar-refractivity contribution in [3.63, 3.8) is 0 Å². The fraction of sp³-hybridized carbons (Fsp3) is 0.333. The molecule has 2 aromatic carbocycles. The van der Waals surface area contributed by atoms with E-state index in [1.54, 1.807) is 7.11 Å². The van der Waals surface area contributed by atoms with E-state index in [1.165, 1.54) is 0 Å². The summed E-state index contributed by atoms with van der Waals surface area (Å²) in [6.07, 6.45) is 0. The molecule has 0 radical (unpaired) electrons. The summed E-state index contributed by atoms with van der Waals surface area (Å²) >= 11 is 0. The molecule has 1 amide bonds. The highest BCUT2D eigenvalue weighted by molar-refractivity contribution is 5.99. The Morgan fingerprint density at radius 3 is 2.46 bits per heavy atom. The Hall–Kier alpha value is -2.82. The highest BCUT2D eigenvalue weighted by Gasteiger charge is 2.10. The van der Waals surface area contributed by atoms with Gasteiger partial charge in [-0.3, -0.25) is 4.79 Å². The summed E-state index contributed by atoms with van der Waals surface area (Å²) in [5.41, 5.74) is 6.33. The Morgan fingerprint density at radius 2 is 1.85 bits per heavy atom. The van der Waals surface area contributed by atoms with Gasteiger partial charge >= 0.3 is 0 Å². The lowest BCUT2D eigenvalue weighted by molar-refractivity contribution is -0.123. The van der Waals surface area contributed by atoms with Gasteiger partial charge in [-0.25, -0.2) is 5.43 Å². The van der Waals surface area contributed by atoms with Crippen LogP contribution in [0, 0.1) is 6.92 Å². The maximum atomic E-state index is 12.1. The molecular weight excluding hydrogens is 328 g/mol. The maximum absolute atomic E-state index is 12.1. The first-order valence-electron chi connectivity index (χ1n) is 8.61. The molecule has 0 aliphatic rings. The largest absolute Gasteiger partial charge is 0.497 e. The summed E-state index contributed by atoms with van der Waals surface area (Å²) in [5, 5.41) is 4.13. The molecule has 1 N–H and O–H groups in total. The Kier molecular flexibility index (Phi) is 6.78. The molecule has 2 aromatic rings. The van der Waals surface area contributed by atoms with Crippen LogP contribution in [0.5, 0.6) is 11.5 Å². The summed E-state index contributed by atoms with van der Waals surface area (Å²) in [5.74, 6) is 1.54. The molecule has 0 spiro atoms. The van der Waals surface area contributed by atoms with E-state index in [2.05, 4.69) is 24.4 Å². The Labute approximate surface area is 155 Å². The van der Waals surface area contributed by atoms with E-state index in [1.807, 2.05) is 56.3 Å². The monoisotopic (exact) mass is 354 g/mol. The minimum atomic E-state index is -0.297. The number of hydrogen-bond donors (Lipinski definition) is 1. The van der Waals surface area contributed by atoms with Crippen molar-refractivity contribution in [1.82, 2.24) is 5.43 Å². The van der Waals surface area contributed by atoms with Crippen molar-refractivity contribution in [3.8, 4) is 11.5 Å². The molecule has 0 unspecified atom stereocenters. The summed E-state index contributed by atoms with van der Waals surface area (Å²) in [4.78, 5) is 12.1. The lowest BCUT2D eigenvalue weighted by Gasteiger charge is -2.14. The van der Waals surface area contributed by atoms with Crippen LogP contribution in [0.15, 0.2) is 47.6 Å². The molecule has 0 saturated heterocycles. The molecule has 5 heteroatoms. The van der Waals surface area contributed by atoms with E-state index < -0.39 is 0 Å². The van der Waals surface area contributed by atoms with Crippen LogP contribution < -0.4 is 14.9 Å². The van der Waals surface area contributed by atoms with E-state index in [-0.39, 0.29) is 12.5 Å². The molecule has 0 heterocycles. The van der Waals surface area contributed by atoms with Crippen molar-refractivity contribution in [2.24, 2.45) is 5.10 Å². The van der Waals surface area contributed by atoms with Crippen molar-refractivity contribution in [3.05, 3.63) is 59.2 Å². The average Bonchev–Trinajstić information content (AvgIpc) is 2.64.